The van der Waals surface area contributed by atoms with E-state index in [1.54, 1.807) is 6.92 Å². The van der Waals surface area contributed by atoms with Crippen LogP contribution in [0.3, 0.4) is 0 Å². The fraction of sp³-hybridized carbons (Fsp3) is 0.333. The molecule has 0 amide bonds. The second-order valence-electron chi connectivity index (χ2n) is 6.67. The van der Waals surface area contributed by atoms with E-state index in [9.17, 15) is 18.0 Å². The second-order valence-corrected chi connectivity index (χ2v) is 7.11. The summed E-state index contributed by atoms with van der Waals surface area (Å²) in [6.07, 6.45) is -7.25. The highest BCUT2D eigenvalue weighted by molar-refractivity contribution is 7.80. The van der Waals surface area contributed by atoms with Gasteiger partial charge in [0.05, 0.1) is 25.7 Å². The monoisotopic (exact) mass is 457 g/mol. The van der Waals surface area contributed by atoms with Gasteiger partial charge < -0.3 is 19.5 Å². The van der Waals surface area contributed by atoms with E-state index in [-0.39, 0.29) is 40.6 Å². The number of benzene rings is 2. The number of fused-ring (bicyclic) bond motifs is 1. The van der Waals surface area contributed by atoms with Gasteiger partial charge in [0.15, 0.2) is 11.6 Å². The topological polar surface area (TPSA) is 56.8 Å². The summed E-state index contributed by atoms with van der Waals surface area (Å²) in [4.78, 5) is 12.1. The van der Waals surface area contributed by atoms with E-state index < -0.39 is 35.7 Å². The summed E-state index contributed by atoms with van der Waals surface area (Å²) in [6, 6.07) is 7.21. The summed E-state index contributed by atoms with van der Waals surface area (Å²) in [5, 5.41) is 2.82. The van der Waals surface area contributed by atoms with E-state index in [1.165, 1.54) is 31.4 Å². The van der Waals surface area contributed by atoms with Gasteiger partial charge in [0.1, 0.15) is 17.2 Å². The van der Waals surface area contributed by atoms with Crippen LogP contribution in [0, 0.1) is 5.82 Å². The fourth-order valence-corrected chi connectivity index (χ4v) is 3.47. The number of thiocarbonyl (C=S) groups is 1. The molecule has 0 unspecified atom stereocenters. The minimum atomic E-state index is -4.62. The Morgan fingerprint density at radius 3 is 2.61 bits per heavy atom. The Morgan fingerprint density at radius 1 is 1.23 bits per heavy atom. The minimum absolute atomic E-state index is 0.0238. The Labute approximate surface area is 181 Å². The molecule has 0 fully saturated rings. The van der Waals surface area contributed by atoms with Crippen LogP contribution in [0.2, 0.25) is 0 Å². The van der Waals surface area contributed by atoms with Gasteiger partial charge in [-0.25, -0.2) is 4.39 Å². The SMILES string of the molecule is CCOC(=O)C[C@H]1O[C@H](c2cccc(OC)c2F)c2cc(C(F)(F)F)ccc2NC1=S. The number of carbonyl (C=O) groups is 1. The van der Waals surface area contributed by atoms with E-state index in [0.29, 0.717) is 0 Å². The number of rotatable bonds is 5. The first-order valence-corrected chi connectivity index (χ1v) is 9.72. The van der Waals surface area contributed by atoms with Crippen molar-refractivity contribution in [3.8, 4) is 5.75 Å². The third-order valence-corrected chi connectivity index (χ3v) is 5.03. The lowest BCUT2D eigenvalue weighted by Crippen LogP contribution is -2.31. The molecule has 2 aromatic carbocycles. The van der Waals surface area contributed by atoms with Gasteiger partial charge in [-0.15, -0.1) is 0 Å². The molecule has 0 aliphatic carbocycles. The number of alkyl halides is 3. The zero-order valence-electron chi connectivity index (χ0n) is 16.6. The molecule has 0 aromatic heterocycles. The van der Waals surface area contributed by atoms with E-state index in [1.807, 2.05) is 0 Å². The van der Waals surface area contributed by atoms with Crippen LogP contribution >= 0.6 is 12.2 Å². The second kappa shape index (κ2) is 9.19. The molecular formula is C21H19F4NO4S. The zero-order valence-corrected chi connectivity index (χ0v) is 17.4. The highest BCUT2D eigenvalue weighted by atomic mass is 32.1. The Morgan fingerprint density at radius 2 is 1.97 bits per heavy atom. The summed E-state index contributed by atoms with van der Waals surface area (Å²) in [7, 11) is 1.27. The van der Waals surface area contributed by atoms with Crippen molar-refractivity contribution in [3.63, 3.8) is 0 Å². The van der Waals surface area contributed by atoms with Gasteiger partial charge in [-0.05, 0) is 31.2 Å². The molecule has 2 atom stereocenters. The quantitative estimate of drug-likeness (QED) is 0.386. The number of hydrogen-bond donors (Lipinski definition) is 1. The van der Waals surface area contributed by atoms with Gasteiger partial charge >= 0.3 is 12.1 Å². The maximum absolute atomic E-state index is 15.1. The van der Waals surface area contributed by atoms with Gasteiger partial charge in [-0.3, -0.25) is 4.79 Å². The smallest absolute Gasteiger partial charge is 0.416 e. The van der Waals surface area contributed by atoms with Crippen LogP contribution in [0.15, 0.2) is 36.4 Å². The normalized spacial score (nSPS) is 18.6. The number of esters is 1. The third-order valence-electron chi connectivity index (χ3n) is 4.66. The summed E-state index contributed by atoms with van der Waals surface area (Å²) >= 11 is 5.30. The summed E-state index contributed by atoms with van der Waals surface area (Å²) in [5.74, 6) is -1.50. The molecule has 2 aromatic rings. The Kier molecular flexibility index (Phi) is 6.80. The van der Waals surface area contributed by atoms with E-state index in [4.69, 9.17) is 26.4 Å². The van der Waals surface area contributed by atoms with Crippen LogP contribution in [0.25, 0.3) is 0 Å². The van der Waals surface area contributed by atoms with Crippen LogP contribution in [-0.4, -0.2) is 30.8 Å². The van der Waals surface area contributed by atoms with Crippen LogP contribution < -0.4 is 10.1 Å². The zero-order chi connectivity index (χ0) is 22.8. The molecule has 0 saturated heterocycles. The molecule has 1 aliphatic heterocycles. The van der Waals surface area contributed by atoms with Crippen molar-refractivity contribution in [2.24, 2.45) is 0 Å². The average molecular weight is 457 g/mol. The molecule has 166 valence electrons. The molecular weight excluding hydrogens is 438 g/mol. The standard InChI is InChI=1S/C21H19F4NO4S/c1-3-29-17(27)10-16-20(31)26-14-8-7-11(21(23,24)25)9-13(14)19(30-16)12-5-4-6-15(28-2)18(12)22/h4-9,16,19H,3,10H2,1-2H3,(H,26,31)/t16-,19-/m1/s1. The molecule has 1 N–H and O–H groups in total. The van der Waals surface area contributed by atoms with E-state index in [0.717, 1.165) is 12.1 Å². The van der Waals surface area contributed by atoms with Gasteiger partial charge in [0.25, 0.3) is 0 Å². The molecule has 3 rings (SSSR count). The molecule has 0 saturated carbocycles. The molecule has 10 heteroatoms. The number of methoxy groups -OCH3 is 1. The van der Waals surface area contributed by atoms with Crippen molar-refractivity contribution < 1.29 is 36.6 Å². The first kappa shape index (κ1) is 23.0. The summed E-state index contributed by atoms with van der Waals surface area (Å²) in [5.41, 5.74) is -0.743. The number of ether oxygens (including phenoxy) is 3. The molecule has 0 radical (unpaired) electrons. The Bertz CT molecular complexity index is 996. The number of carbonyl (C=O) groups excluding carboxylic acids is 1. The first-order valence-electron chi connectivity index (χ1n) is 9.31. The predicted octanol–water partition coefficient (Wildman–Crippen LogP) is 5.03. The molecule has 0 bridgehead atoms. The Hall–Kier alpha value is -2.72. The largest absolute Gasteiger partial charge is 0.494 e. The van der Waals surface area contributed by atoms with E-state index >= 15 is 4.39 Å². The highest BCUT2D eigenvalue weighted by Crippen LogP contribution is 2.41. The first-order chi connectivity index (χ1) is 14.7. The number of anilines is 1. The van der Waals surface area contributed by atoms with Crippen molar-refractivity contribution in [2.75, 3.05) is 19.0 Å². The molecule has 0 spiro atoms. The van der Waals surface area contributed by atoms with Crippen LogP contribution in [-0.2, 0) is 20.4 Å². The minimum Gasteiger partial charge on any atom is -0.494 e. The lowest BCUT2D eigenvalue weighted by molar-refractivity contribution is -0.145. The fourth-order valence-electron chi connectivity index (χ4n) is 3.22. The van der Waals surface area contributed by atoms with Crippen LogP contribution in [0.1, 0.15) is 36.1 Å². The maximum Gasteiger partial charge on any atom is 0.416 e. The molecule has 5 nitrogen and oxygen atoms in total. The van der Waals surface area contributed by atoms with Crippen molar-refractivity contribution in [3.05, 3.63) is 58.9 Å². The van der Waals surface area contributed by atoms with Crippen molar-refractivity contribution >= 4 is 28.9 Å². The lowest BCUT2D eigenvalue weighted by atomic mass is 9.96. The summed E-state index contributed by atoms with van der Waals surface area (Å²) < 4.78 is 71.0. The predicted molar refractivity (Wildman–Crippen MR) is 109 cm³/mol. The third kappa shape index (κ3) is 4.96. The van der Waals surface area contributed by atoms with Gasteiger partial charge in [-0.1, -0.05) is 24.4 Å². The van der Waals surface area contributed by atoms with Crippen molar-refractivity contribution in [1.82, 2.24) is 0 Å². The maximum atomic E-state index is 15.1. The Balaban J connectivity index is 2.14. The molecule has 31 heavy (non-hydrogen) atoms. The highest BCUT2D eigenvalue weighted by Gasteiger charge is 2.36. The lowest BCUT2D eigenvalue weighted by Gasteiger charge is -2.23. The van der Waals surface area contributed by atoms with E-state index in [2.05, 4.69) is 5.32 Å². The molecule has 1 heterocycles. The summed E-state index contributed by atoms with van der Waals surface area (Å²) in [6.45, 7) is 1.76. The number of hydrogen-bond acceptors (Lipinski definition) is 5. The van der Waals surface area contributed by atoms with Gasteiger partial charge in [0, 0.05) is 16.8 Å². The molecule has 1 aliphatic rings. The van der Waals surface area contributed by atoms with Gasteiger partial charge in [0.2, 0.25) is 0 Å². The van der Waals surface area contributed by atoms with Crippen LogP contribution in [0.5, 0.6) is 5.75 Å². The van der Waals surface area contributed by atoms with Gasteiger partial charge in [-0.2, -0.15) is 13.2 Å². The van der Waals surface area contributed by atoms with Crippen molar-refractivity contribution in [2.45, 2.75) is 31.7 Å². The number of halogens is 4. The number of nitrogens with one attached hydrogen (secondary N) is 1. The van der Waals surface area contributed by atoms with Crippen LogP contribution in [0.4, 0.5) is 23.2 Å². The average Bonchev–Trinajstić information content (AvgIpc) is 2.84. The van der Waals surface area contributed by atoms with Crippen molar-refractivity contribution in [1.29, 1.82) is 0 Å².